The fraction of sp³-hybridized carbons (Fsp3) is 0.900. The van der Waals surface area contributed by atoms with Crippen LogP contribution in [0.5, 0.6) is 0 Å². The second kappa shape index (κ2) is 14.0. The first kappa shape index (κ1) is 18.6. The zero-order chi connectivity index (χ0) is 14.3. The first-order valence-corrected chi connectivity index (χ1v) is 6.33. The van der Waals surface area contributed by atoms with E-state index in [9.17, 15) is 4.79 Å². The van der Waals surface area contributed by atoms with E-state index in [1.54, 1.807) is 14.2 Å². The van der Waals surface area contributed by atoms with E-state index >= 15 is 0 Å². The van der Waals surface area contributed by atoms with E-state index < -0.39 is 12.0 Å². The molecule has 0 aliphatic heterocycles. The van der Waals surface area contributed by atoms with Crippen molar-refractivity contribution in [1.29, 1.82) is 0 Å². The molecule has 0 aromatic carbocycles. The normalized spacial score (nSPS) is 10.9. The van der Waals surface area contributed by atoms with Gasteiger partial charge in [0, 0.05) is 0 Å². The van der Waals surface area contributed by atoms with Crippen LogP contribution in [0.4, 0.5) is 4.79 Å². The Morgan fingerprint density at radius 3 is 2.05 bits per heavy atom. The molecule has 110 valence electrons. The van der Waals surface area contributed by atoms with E-state index in [1.165, 1.54) is 0 Å². The van der Waals surface area contributed by atoms with Crippen LogP contribution < -0.4 is 0 Å². The van der Waals surface area contributed by atoms with Crippen molar-refractivity contribution in [3.8, 4) is 0 Å². The van der Waals surface area contributed by atoms with Gasteiger partial charge in [-0.25, -0.2) is 0 Å². The van der Waals surface area contributed by atoms with E-state index in [2.05, 4.69) is 14.1 Å². The summed E-state index contributed by atoms with van der Waals surface area (Å²) in [6.45, 7) is 2.32. The average Bonchev–Trinajstić information content (AvgIpc) is 2.39. The molecule has 9 heteroatoms. The van der Waals surface area contributed by atoms with Crippen LogP contribution in [0, 0.1) is 0 Å². The van der Waals surface area contributed by atoms with Crippen LogP contribution in [-0.4, -0.2) is 72.9 Å². The van der Waals surface area contributed by atoms with Crippen molar-refractivity contribution in [2.75, 3.05) is 53.9 Å². The van der Waals surface area contributed by atoms with Crippen LogP contribution in [0.2, 0.25) is 0 Å². The maximum absolute atomic E-state index is 11.3. The summed E-state index contributed by atoms with van der Waals surface area (Å²) >= 11 is 0. The molecule has 0 rings (SSSR count). The molecule has 0 bridgehead atoms. The van der Waals surface area contributed by atoms with E-state index in [0.717, 1.165) is 7.07 Å². The topological polar surface area (TPSA) is 75.6 Å². The van der Waals surface area contributed by atoms with Crippen molar-refractivity contribution < 1.29 is 28.5 Å². The summed E-state index contributed by atoms with van der Waals surface area (Å²) in [6, 6.07) is 0. The first-order valence-electron chi connectivity index (χ1n) is 5.81. The summed E-state index contributed by atoms with van der Waals surface area (Å²) in [4.78, 5) is 11.3. The van der Waals surface area contributed by atoms with Crippen LogP contribution >= 0.6 is 9.39 Å². The molecule has 0 fully saturated rings. The third-order valence-corrected chi connectivity index (χ3v) is 2.08. The molecular formula is C10H21BNO6P. The molecule has 0 aliphatic carbocycles. The molecule has 0 aromatic heterocycles. The molecule has 0 spiro atoms. The molecule has 7 nitrogen and oxygen atoms in total. The van der Waals surface area contributed by atoms with Crippen LogP contribution in [-0.2, 0) is 23.7 Å². The number of hydrogen-bond donors (Lipinski definition) is 0. The number of carbonyl (C=O) groups excluding carboxylic acids is 1. The van der Waals surface area contributed by atoms with Crippen molar-refractivity contribution in [2.45, 2.75) is 6.10 Å². The zero-order valence-electron chi connectivity index (χ0n) is 11.4. The van der Waals surface area contributed by atoms with Gasteiger partial charge in [-0.2, -0.15) is 0 Å². The Hall–Kier alpha value is -0.395. The Balaban J connectivity index is 3.95. The molecular weight excluding hydrogens is 272 g/mol. The second-order valence-corrected chi connectivity index (χ2v) is 3.77. The second-order valence-electron chi connectivity index (χ2n) is 3.47. The van der Waals surface area contributed by atoms with Crippen LogP contribution in [0.1, 0.15) is 0 Å². The molecule has 0 heterocycles. The minimum atomic E-state index is -0.536. The third-order valence-electron chi connectivity index (χ3n) is 1.93. The van der Waals surface area contributed by atoms with Crippen molar-refractivity contribution in [2.24, 2.45) is 4.67 Å². The average molecular weight is 293 g/mol. The Kier molecular flexibility index (Phi) is 13.7. The monoisotopic (exact) mass is 293 g/mol. The summed E-state index contributed by atoms with van der Waals surface area (Å²) in [7, 11) is 6.31. The maximum atomic E-state index is 11.3. The zero-order valence-corrected chi connectivity index (χ0v) is 12.5. The van der Waals surface area contributed by atoms with E-state index in [-0.39, 0.29) is 13.2 Å². The van der Waals surface area contributed by atoms with Crippen molar-refractivity contribution >= 4 is 22.3 Å². The van der Waals surface area contributed by atoms with Gasteiger partial charge >= 0.3 is 115 Å². The Bertz CT molecular complexity index is 244. The molecule has 0 saturated carbocycles. The predicted molar refractivity (Wildman–Crippen MR) is 73.6 cm³/mol. The number of nitrogens with zero attached hydrogens (tertiary/aromatic N) is 1. The molecule has 0 amide bonds. The van der Waals surface area contributed by atoms with Gasteiger partial charge in [-0.1, -0.05) is 0 Å². The van der Waals surface area contributed by atoms with Crippen molar-refractivity contribution in [3.05, 3.63) is 0 Å². The summed E-state index contributed by atoms with van der Waals surface area (Å²) in [5.74, 6) is -0.536. The van der Waals surface area contributed by atoms with Crippen LogP contribution in [0.3, 0.4) is 0 Å². The Labute approximate surface area is 116 Å². The summed E-state index contributed by atoms with van der Waals surface area (Å²) in [5.41, 5.74) is 0. The fourth-order valence-corrected chi connectivity index (χ4v) is 1.21. The van der Waals surface area contributed by atoms with Gasteiger partial charge in [0.1, 0.15) is 0 Å². The summed E-state index contributed by atoms with van der Waals surface area (Å²) in [6.07, 6.45) is -0.482. The molecule has 0 radical (unpaired) electrons. The Morgan fingerprint density at radius 2 is 1.63 bits per heavy atom. The molecule has 19 heavy (non-hydrogen) atoms. The number of ether oxygens (including phenoxy) is 5. The van der Waals surface area contributed by atoms with E-state index in [1.807, 2.05) is 0 Å². The predicted octanol–water partition coefficient (Wildman–Crippen LogP) is 0.495. The minimum absolute atomic E-state index is 0.243. The molecule has 0 saturated heterocycles. The fourth-order valence-electron chi connectivity index (χ4n) is 1.09. The van der Waals surface area contributed by atoms with Gasteiger partial charge in [0.2, 0.25) is 0 Å². The van der Waals surface area contributed by atoms with Gasteiger partial charge in [0.25, 0.3) is 0 Å². The molecule has 0 aliphatic rings. The van der Waals surface area contributed by atoms with Gasteiger partial charge in [-0.3, -0.25) is 0 Å². The van der Waals surface area contributed by atoms with Gasteiger partial charge in [-0.05, 0) is 0 Å². The van der Waals surface area contributed by atoms with Crippen molar-refractivity contribution in [1.82, 2.24) is 0 Å². The first-order chi connectivity index (χ1) is 9.24. The quantitative estimate of drug-likeness (QED) is 0.296. The molecule has 0 aromatic rings. The third kappa shape index (κ3) is 12.4. The SMILES string of the molecule is COCCOCC(COCCOC)OC(=O)/B=N/P. The standard InChI is InChI=1S/C10H21BNO6P/c1-14-3-5-16-7-9(8-17-6-4-15-2)18-10(13)11-12-19/h9H,3-8,19H2,1-2H3. The number of rotatable bonds is 12. The van der Waals surface area contributed by atoms with Gasteiger partial charge in [0.05, 0.1) is 0 Å². The van der Waals surface area contributed by atoms with Gasteiger partial charge in [0.15, 0.2) is 0 Å². The molecule has 0 N–H and O–H groups in total. The van der Waals surface area contributed by atoms with E-state index in [0.29, 0.717) is 26.4 Å². The number of hydrogen-bond acceptors (Lipinski definition) is 7. The van der Waals surface area contributed by atoms with Gasteiger partial charge in [-0.15, -0.1) is 0 Å². The van der Waals surface area contributed by atoms with Gasteiger partial charge < -0.3 is 0 Å². The van der Waals surface area contributed by atoms with Crippen molar-refractivity contribution in [3.63, 3.8) is 0 Å². The number of methoxy groups -OCH3 is 2. The van der Waals surface area contributed by atoms with Crippen LogP contribution in [0.15, 0.2) is 4.67 Å². The molecule has 1 unspecified atom stereocenters. The number of carbonyl (C=O) groups is 1. The van der Waals surface area contributed by atoms with E-state index in [4.69, 9.17) is 23.7 Å². The summed E-state index contributed by atoms with van der Waals surface area (Å²) < 4.78 is 28.9. The van der Waals surface area contributed by atoms with Crippen LogP contribution in [0.25, 0.3) is 0 Å². The Morgan fingerprint density at radius 1 is 1.11 bits per heavy atom. The molecule has 1 atom stereocenters. The summed E-state index contributed by atoms with van der Waals surface area (Å²) in [5, 5.41) is 0.